The lowest BCUT2D eigenvalue weighted by Gasteiger charge is -2.16. The van der Waals surface area contributed by atoms with E-state index in [2.05, 4.69) is 44.4 Å². The normalized spacial score (nSPS) is 12.8. The first-order valence-electron chi connectivity index (χ1n) is 7.19. The molecule has 0 aliphatic carbocycles. The average Bonchev–Trinajstić information content (AvgIpc) is 3.09. The van der Waals surface area contributed by atoms with Crippen molar-refractivity contribution in [3.05, 3.63) is 46.3 Å². The van der Waals surface area contributed by atoms with Gasteiger partial charge in [-0.15, -0.1) is 0 Å². The summed E-state index contributed by atoms with van der Waals surface area (Å²) in [5.74, 6) is 1.85. The largest absolute Gasteiger partial charge is 0.481 e. The number of thiophene rings is 1. The number of ether oxygens (including phenoxy) is 1. The number of pyridine rings is 1. The van der Waals surface area contributed by atoms with Gasteiger partial charge in [0.2, 0.25) is 5.88 Å². The van der Waals surface area contributed by atoms with Crippen LogP contribution in [0.5, 0.6) is 5.88 Å². The Balaban J connectivity index is 1.85. The molecular formula is C16H22N4OS. The van der Waals surface area contributed by atoms with Crippen LogP contribution in [0, 0.1) is 0 Å². The molecule has 0 bridgehead atoms. The molecule has 118 valence electrons. The molecule has 2 rings (SSSR count). The molecule has 0 fully saturated rings. The molecule has 2 aromatic rings. The topological polar surface area (TPSA) is 58.5 Å². The highest BCUT2D eigenvalue weighted by Gasteiger charge is 2.08. The maximum absolute atomic E-state index is 5.25. The SMILES string of the molecule is CN=C(NCc1cccnc1OC)NCC(C)c1ccsc1. The van der Waals surface area contributed by atoms with Gasteiger partial charge >= 0.3 is 0 Å². The van der Waals surface area contributed by atoms with Crippen molar-refractivity contribution in [2.75, 3.05) is 20.7 Å². The molecule has 0 aliphatic rings. The Morgan fingerprint density at radius 2 is 2.27 bits per heavy atom. The number of nitrogens with one attached hydrogen (secondary N) is 2. The third kappa shape index (κ3) is 4.46. The Morgan fingerprint density at radius 1 is 1.41 bits per heavy atom. The number of methoxy groups -OCH3 is 1. The molecule has 0 aromatic carbocycles. The molecule has 1 atom stereocenters. The number of aliphatic imine (C=N–C) groups is 1. The van der Waals surface area contributed by atoms with E-state index < -0.39 is 0 Å². The van der Waals surface area contributed by atoms with Gasteiger partial charge in [0.05, 0.1) is 7.11 Å². The molecule has 6 heteroatoms. The third-order valence-electron chi connectivity index (χ3n) is 3.40. The van der Waals surface area contributed by atoms with Gasteiger partial charge in [0.25, 0.3) is 0 Å². The molecule has 22 heavy (non-hydrogen) atoms. The van der Waals surface area contributed by atoms with Crippen LogP contribution in [0.15, 0.2) is 40.1 Å². The van der Waals surface area contributed by atoms with Crippen LogP contribution >= 0.6 is 11.3 Å². The number of nitrogens with zero attached hydrogens (tertiary/aromatic N) is 2. The predicted octanol–water partition coefficient (Wildman–Crippen LogP) is 2.62. The lowest BCUT2D eigenvalue weighted by molar-refractivity contribution is 0.392. The molecule has 0 amide bonds. The van der Waals surface area contributed by atoms with E-state index in [0.717, 1.165) is 18.1 Å². The van der Waals surface area contributed by atoms with Crippen molar-refractivity contribution in [3.8, 4) is 5.88 Å². The number of rotatable bonds is 6. The second kappa shape index (κ2) is 8.38. The Hall–Kier alpha value is -2.08. The summed E-state index contributed by atoms with van der Waals surface area (Å²) in [6.45, 7) is 3.65. The van der Waals surface area contributed by atoms with Gasteiger partial charge in [0, 0.05) is 31.9 Å². The molecule has 2 aromatic heterocycles. The maximum Gasteiger partial charge on any atom is 0.218 e. The van der Waals surface area contributed by atoms with Crippen LogP contribution in [0.3, 0.4) is 0 Å². The second-order valence-electron chi connectivity index (χ2n) is 4.94. The molecule has 2 heterocycles. The maximum atomic E-state index is 5.25. The van der Waals surface area contributed by atoms with E-state index in [-0.39, 0.29) is 0 Å². The van der Waals surface area contributed by atoms with Crippen LogP contribution in [-0.2, 0) is 6.54 Å². The van der Waals surface area contributed by atoms with Gasteiger partial charge in [-0.1, -0.05) is 13.0 Å². The molecule has 5 nitrogen and oxygen atoms in total. The fourth-order valence-corrected chi connectivity index (χ4v) is 2.85. The first kappa shape index (κ1) is 16.3. The Labute approximate surface area is 135 Å². The van der Waals surface area contributed by atoms with Crippen LogP contribution in [0.2, 0.25) is 0 Å². The van der Waals surface area contributed by atoms with Gasteiger partial charge in [0.1, 0.15) is 0 Å². The van der Waals surface area contributed by atoms with Crippen molar-refractivity contribution in [2.24, 2.45) is 4.99 Å². The number of hydrogen-bond acceptors (Lipinski definition) is 4. The summed E-state index contributed by atoms with van der Waals surface area (Å²) in [7, 11) is 3.40. The molecule has 0 saturated heterocycles. The van der Waals surface area contributed by atoms with Gasteiger partial charge in [-0.25, -0.2) is 4.98 Å². The van der Waals surface area contributed by atoms with E-state index >= 15 is 0 Å². The second-order valence-corrected chi connectivity index (χ2v) is 5.72. The molecule has 0 saturated carbocycles. The monoisotopic (exact) mass is 318 g/mol. The zero-order chi connectivity index (χ0) is 15.8. The summed E-state index contributed by atoms with van der Waals surface area (Å²) in [6, 6.07) is 6.04. The summed E-state index contributed by atoms with van der Waals surface area (Å²) >= 11 is 1.73. The Kier molecular flexibility index (Phi) is 6.21. The molecular weight excluding hydrogens is 296 g/mol. The van der Waals surface area contributed by atoms with Crippen LogP contribution in [0.1, 0.15) is 24.0 Å². The highest BCUT2D eigenvalue weighted by Crippen LogP contribution is 2.17. The zero-order valence-corrected chi connectivity index (χ0v) is 14.0. The van der Waals surface area contributed by atoms with Crippen LogP contribution in [-0.4, -0.2) is 31.6 Å². The standard InChI is InChI=1S/C16H22N4OS/c1-12(14-6-8-22-11-14)9-19-16(17-2)20-10-13-5-4-7-18-15(13)21-3/h4-8,11-12H,9-10H2,1-3H3,(H2,17,19,20). The number of aromatic nitrogens is 1. The molecule has 0 radical (unpaired) electrons. The van der Waals surface area contributed by atoms with E-state index in [0.29, 0.717) is 18.3 Å². The first-order chi connectivity index (χ1) is 10.7. The van der Waals surface area contributed by atoms with Crippen LogP contribution in [0.25, 0.3) is 0 Å². The van der Waals surface area contributed by atoms with Gasteiger partial charge < -0.3 is 15.4 Å². The average molecular weight is 318 g/mol. The Bertz CT molecular complexity index is 598. The summed E-state index contributed by atoms with van der Waals surface area (Å²) in [6.07, 6.45) is 1.72. The van der Waals surface area contributed by atoms with Crippen molar-refractivity contribution in [3.63, 3.8) is 0 Å². The van der Waals surface area contributed by atoms with Crippen molar-refractivity contribution in [2.45, 2.75) is 19.4 Å². The van der Waals surface area contributed by atoms with Gasteiger partial charge in [0.15, 0.2) is 5.96 Å². The summed E-state index contributed by atoms with van der Waals surface area (Å²) in [5.41, 5.74) is 2.35. The quantitative estimate of drug-likeness (QED) is 0.635. The van der Waals surface area contributed by atoms with E-state index in [1.165, 1.54) is 5.56 Å². The molecule has 0 spiro atoms. The van der Waals surface area contributed by atoms with E-state index in [1.807, 2.05) is 12.1 Å². The molecule has 2 N–H and O–H groups in total. The fourth-order valence-electron chi connectivity index (χ4n) is 2.07. The highest BCUT2D eigenvalue weighted by atomic mass is 32.1. The van der Waals surface area contributed by atoms with Crippen molar-refractivity contribution in [1.82, 2.24) is 15.6 Å². The summed E-state index contributed by atoms with van der Waals surface area (Å²) in [5, 5.41) is 10.9. The number of hydrogen-bond donors (Lipinski definition) is 2. The van der Waals surface area contributed by atoms with Crippen LogP contribution in [0.4, 0.5) is 0 Å². The minimum absolute atomic E-state index is 0.442. The Morgan fingerprint density at radius 3 is 2.95 bits per heavy atom. The smallest absolute Gasteiger partial charge is 0.218 e. The summed E-state index contributed by atoms with van der Waals surface area (Å²) < 4.78 is 5.25. The molecule has 0 aliphatic heterocycles. The number of guanidine groups is 1. The van der Waals surface area contributed by atoms with Crippen molar-refractivity contribution in [1.29, 1.82) is 0 Å². The van der Waals surface area contributed by atoms with Crippen LogP contribution < -0.4 is 15.4 Å². The van der Waals surface area contributed by atoms with Gasteiger partial charge in [-0.2, -0.15) is 11.3 Å². The minimum atomic E-state index is 0.442. The lowest BCUT2D eigenvalue weighted by Crippen LogP contribution is -2.38. The highest BCUT2D eigenvalue weighted by molar-refractivity contribution is 7.07. The molecule has 1 unspecified atom stereocenters. The first-order valence-corrected chi connectivity index (χ1v) is 8.13. The van der Waals surface area contributed by atoms with E-state index in [4.69, 9.17) is 4.74 Å². The van der Waals surface area contributed by atoms with E-state index in [1.54, 1.807) is 31.7 Å². The lowest BCUT2D eigenvalue weighted by atomic mass is 10.1. The third-order valence-corrected chi connectivity index (χ3v) is 4.10. The van der Waals surface area contributed by atoms with Crippen molar-refractivity contribution < 1.29 is 4.74 Å². The minimum Gasteiger partial charge on any atom is -0.481 e. The van der Waals surface area contributed by atoms with Gasteiger partial charge in [-0.3, -0.25) is 4.99 Å². The fraction of sp³-hybridized carbons (Fsp3) is 0.375. The van der Waals surface area contributed by atoms with Gasteiger partial charge in [-0.05, 0) is 34.4 Å². The summed E-state index contributed by atoms with van der Waals surface area (Å²) in [4.78, 5) is 8.44. The van der Waals surface area contributed by atoms with E-state index in [9.17, 15) is 0 Å². The predicted molar refractivity (Wildman–Crippen MR) is 91.7 cm³/mol. The zero-order valence-electron chi connectivity index (χ0n) is 13.2. The van der Waals surface area contributed by atoms with Crippen molar-refractivity contribution >= 4 is 17.3 Å².